The van der Waals surface area contributed by atoms with Gasteiger partial charge < -0.3 is 15.0 Å². The molecule has 25 heavy (non-hydrogen) atoms. The second-order valence-corrected chi connectivity index (χ2v) is 8.65. The molecule has 0 unspecified atom stereocenters. The van der Waals surface area contributed by atoms with E-state index in [-0.39, 0.29) is 18.5 Å². The maximum Gasteiger partial charge on any atom is 0.216 e. The Labute approximate surface area is 153 Å². The van der Waals surface area contributed by atoms with Gasteiger partial charge >= 0.3 is 0 Å². The van der Waals surface area contributed by atoms with E-state index < -0.39 is 10.0 Å². The summed E-state index contributed by atoms with van der Waals surface area (Å²) >= 11 is 0. The molecule has 0 aromatic rings. The topological polar surface area (TPSA) is 74.2 Å². The van der Waals surface area contributed by atoms with Crippen LogP contribution in [-0.2, 0) is 14.8 Å². The fraction of sp³-hybridized carbons (Fsp3) is 0.941. The first kappa shape index (κ1) is 22.2. The van der Waals surface area contributed by atoms with Crippen LogP contribution < -0.4 is 5.32 Å². The summed E-state index contributed by atoms with van der Waals surface area (Å²) in [7, 11) is -3.24. The van der Waals surface area contributed by atoms with Gasteiger partial charge in [0, 0.05) is 39.3 Å². The van der Waals surface area contributed by atoms with Crippen molar-refractivity contribution >= 4 is 16.0 Å². The minimum Gasteiger partial charge on any atom is -0.378 e. The lowest BCUT2D eigenvalue weighted by atomic mass is 10.2. The van der Waals surface area contributed by atoms with Crippen molar-refractivity contribution in [1.29, 1.82) is 0 Å². The number of hydrogen-bond donors (Lipinski definition) is 1. The van der Waals surface area contributed by atoms with Crippen molar-refractivity contribution in [3.63, 3.8) is 0 Å². The molecule has 0 spiro atoms. The molecule has 0 saturated carbocycles. The van der Waals surface area contributed by atoms with E-state index in [0.717, 1.165) is 25.5 Å². The minimum absolute atomic E-state index is 0.0519. The first-order valence-corrected chi connectivity index (χ1v) is 11.1. The minimum atomic E-state index is -3.24. The maximum absolute atomic E-state index is 12.4. The molecule has 0 aromatic heterocycles. The van der Waals surface area contributed by atoms with Crippen LogP contribution >= 0.6 is 0 Å². The Morgan fingerprint density at radius 1 is 1.16 bits per heavy atom. The van der Waals surface area contributed by atoms with Crippen molar-refractivity contribution in [2.45, 2.75) is 53.1 Å². The first-order chi connectivity index (χ1) is 11.9. The highest BCUT2D eigenvalue weighted by Gasteiger charge is 2.27. The number of sulfonamides is 1. The molecule has 7 nitrogen and oxygen atoms in total. The standard InChI is InChI=1S/C17H36N4O3S/c1-5-7-8-9-19-17(18-6-2)20-10-12-21(13-11-20)25(22,23)15-14-24-16(3)4/h16H,5-15H2,1-4H3,(H,18,19). The fourth-order valence-electron chi connectivity index (χ4n) is 2.67. The molecule has 1 aliphatic rings. The zero-order chi connectivity index (χ0) is 18.7. The molecule has 1 rings (SSSR count). The SMILES string of the molecule is CCCCCN=C(NCC)N1CCN(S(=O)(=O)CCOC(C)C)CC1. The third-order valence-electron chi connectivity index (χ3n) is 4.08. The molecule has 8 heteroatoms. The normalized spacial score (nSPS) is 17.3. The van der Waals surface area contributed by atoms with E-state index in [9.17, 15) is 8.42 Å². The maximum atomic E-state index is 12.4. The summed E-state index contributed by atoms with van der Waals surface area (Å²) in [4.78, 5) is 6.83. The lowest BCUT2D eigenvalue weighted by Crippen LogP contribution is -2.54. The van der Waals surface area contributed by atoms with E-state index in [0.29, 0.717) is 26.2 Å². The van der Waals surface area contributed by atoms with Gasteiger partial charge in [0.2, 0.25) is 10.0 Å². The summed E-state index contributed by atoms with van der Waals surface area (Å²) in [5.74, 6) is 0.954. The van der Waals surface area contributed by atoms with Crippen molar-refractivity contribution in [2.75, 3.05) is 51.6 Å². The number of hydrogen-bond acceptors (Lipinski definition) is 4. The summed E-state index contributed by atoms with van der Waals surface area (Å²) in [5.41, 5.74) is 0. The fourth-order valence-corrected chi connectivity index (χ4v) is 3.95. The highest BCUT2D eigenvalue weighted by Crippen LogP contribution is 2.09. The van der Waals surface area contributed by atoms with E-state index in [2.05, 4.69) is 29.1 Å². The van der Waals surface area contributed by atoms with Gasteiger partial charge in [0.05, 0.1) is 18.5 Å². The van der Waals surface area contributed by atoms with Crippen LogP contribution in [0.3, 0.4) is 0 Å². The van der Waals surface area contributed by atoms with E-state index in [1.54, 1.807) is 4.31 Å². The molecule has 1 saturated heterocycles. The van der Waals surface area contributed by atoms with Gasteiger partial charge in [0.1, 0.15) is 0 Å². The molecular formula is C17H36N4O3S. The lowest BCUT2D eigenvalue weighted by Gasteiger charge is -2.36. The Hall–Kier alpha value is -0.860. The second kappa shape index (κ2) is 11.7. The quantitative estimate of drug-likeness (QED) is 0.355. The third kappa shape index (κ3) is 8.37. The molecule has 0 bridgehead atoms. The van der Waals surface area contributed by atoms with Crippen molar-refractivity contribution in [2.24, 2.45) is 4.99 Å². The Balaban J connectivity index is 2.51. The van der Waals surface area contributed by atoms with Crippen molar-refractivity contribution < 1.29 is 13.2 Å². The number of unbranched alkanes of at least 4 members (excludes halogenated alkanes) is 2. The first-order valence-electron chi connectivity index (χ1n) is 9.53. The van der Waals surface area contributed by atoms with Gasteiger partial charge in [0.25, 0.3) is 0 Å². The van der Waals surface area contributed by atoms with Crippen LogP contribution in [0.25, 0.3) is 0 Å². The molecule has 148 valence electrons. The zero-order valence-corrected chi connectivity index (χ0v) is 17.1. The van der Waals surface area contributed by atoms with Gasteiger partial charge in [-0.3, -0.25) is 4.99 Å². The van der Waals surface area contributed by atoms with Crippen LogP contribution in [-0.4, -0.2) is 81.3 Å². The summed E-state index contributed by atoms with van der Waals surface area (Å²) in [6.45, 7) is 12.3. The summed E-state index contributed by atoms with van der Waals surface area (Å²) < 4.78 is 31.7. The number of piperazine rings is 1. The number of aliphatic imine (C=N–C) groups is 1. The average molecular weight is 377 g/mol. The van der Waals surface area contributed by atoms with Crippen LogP contribution in [0.2, 0.25) is 0 Å². The predicted octanol–water partition coefficient (Wildman–Crippen LogP) is 1.51. The van der Waals surface area contributed by atoms with Gasteiger partial charge in [-0.05, 0) is 27.2 Å². The Morgan fingerprint density at radius 2 is 1.84 bits per heavy atom. The van der Waals surface area contributed by atoms with Crippen LogP contribution in [0, 0.1) is 0 Å². The highest BCUT2D eigenvalue weighted by atomic mass is 32.2. The van der Waals surface area contributed by atoms with Crippen molar-refractivity contribution in [3.8, 4) is 0 Å². The molecule has 0 amide bonds. The van der Waals surface area contributed by atoms with Gasteiger partial charge in [0.15, 0.2) is 5.96 Å². The van der Waals surface area contributed by atoms with Crippen LogP contribution in [0.5, 0.6) is 0 Å². The van der Waals surface area contributed by atoms with Crippen LogP contribution in [0.1, 0.15) is 47.0 Å². The van der Waals surface area contributed by atoms with Crippen molar-refractivity contribution in [1.82, 2.24) is 14.5 Å². The number of ether oxygens (including phenoxy) is 1. The molecule has 0 atom stereocenters. The molecule has 1 fully saturated rings. The smallest absolute Gasteiger partial charge is 0.216 e. The second-order valence-electron chi connectivity index (χ2n) is 6.56. The van der Waals surface area contributed by atoms with Crippen LogP contribution in [0.4, 0.5) is 0 Å². The summed E-state index contributed by atoms with van der Waals surface area (Å²) in [5, 5.41) is 3.32. The third-order valence-corrected chi connectivity index (χ3v) is 5.92. The van der Waals surface area contributed by atoms with Gasteiger partial charge in [-0.25, -0.2) is 8.42 Å². The van der Waals surface area contributed by atoms with Gasteiger partial charge in [-0.2, -0.15) is 4.31 Å². The average Bonchev–Trinajstić information content (AvgIpc) is 2.57. The molecular weight excluding hydrogens is 340 g/mol. The number of rotatable bonds is 10. The van der Waals surface area contributed by atoms with Crippen LogP contribution in [0.15, 0.2) is 4.99 Å². The summed E-state index contributed by atoms with van der Waals surface area (Å²) in [6.07, 6.45) is 3.52. The molecule has 1 aliphatic heterocycles. The van der Waals surface area contributed by atoms with E-state index in [1.165, 1.54) is 12.8 Å². The largest absolute Gasteiger partial charge is 0.378 e. The molecule has 0 aromatic carbocycles. The van der Waals surface area contributed by atoms with E-state index in [1.807, 2.05) is 13.8 Å². The van der Waals surface area contributed by atoms with Gasteiger partial charge in [-0.15, -0.1) is 0 Å². The number of guanidine groups is 1. The number of nitrogens with one attached hydrogen (secondary N) is 1. The molecule has 1 heterocycles. The Kier molecular flexibility index (Phi) is 10.4. The number of nitrogens with zero attached hydrogens (tertiary/aromatic N) is 3. The molecule has 1 N–H and O–H groups in total. The molecule has 0 aliphatic carbocycles. The van der Waals surface area contributed by atoms with Gasteiger partial charge in [-0.1, -0.05) is 19.8 Å². The van der Waals surface area contributed by atoms with Crippen molar-refractivity contribution in [3.05, 3.63) is 0 Å². The van der Waals surface area contributed by atoms with E-state index >= 15 is 0 Å². The predicted molar refractivity (Wildman–Crippen MR) is 104 cm³/mol. The highest BCUT2D eigenvalue weighted by molar-refractivity contribution is 7.89. The molecule has 0 radical (unpaired) electrons. The lowest BCUT2D eigenvalue weighted by molar-refractivity contribution is 0.0904. The Bertz CT molecular complexity index is 486. The van der Waals surface area contributed by atoms with E-state index in [4.69, 9.17) is 4.74 Å². The Morgan fingerprint density at radius 3 is 2.40 bits per heavy atom. The summed E-state index contributed by atoms with van der Waals surface area (Å²) in [6, 6.07) is 0. The monoisotopic (exact) mass is 376 g/mol. The zero-order valence-electron chi connectivity index (χ0n) is 16.3.